The zero-order chi connectivity index (χ0) is 11.4. The van der Waals surface area contributed by atoms with Crippen molar-refractivity contribution in [1.29, 1.82) is 0 Å². The van der Waals surface area contributed by atoms with Crippen molar-refractivity contribution in [3.8, 4) is 0 Å². The Kier molecular flexibility index (Phi) is 3.48. The molecule has 1 aliphatic rings. The molecule has 0 N–H and O–H groups in total. The number of benzene rings is 1. The van der Waals surface area contributed by atoms with E-state index >= 15 is 0 Å². The standard InChI is InChI=1S/C16H22/c1-14-7-6-8-15(13-14)9-12-16(2)10-4-3-5-11-16/h6-9,12-13H,3-5,10-11H2,1-2H3. The maximum Gasteiger partial charge on any atom is -0.0143 e. The summed E-state index contributed by atoms with van der Waals surface area (Å²) >= 11 is 0. The molecule has 2 rings (SSSR count). The Bertz CT molecular complexity index is 367. The van der Waals surface area contributed by atoms with Crippen LogP contribution in [0.2, 0.25) is 0 Å². The van der Waals surface area contributed by atoms with Gasteiger partial charge in [-0.05, 0) is 30.7 Å². The van der Waals surface area contributed by atoms with E-state index in [2.05, 4.69) is 50.3 Å². The van der Waals surface area contributed by atoms with Gasteiger partial charge in [-0.15, -0.1) is 0 Å². The molecule has 86 valence electrons. The monoisotopic (exact) mass is 214 g/mol. The van der Waals surface area contributed by atoms with E-state index in [0.717, 1.165) is 0 Å². The number of allylic oxidation sites excluding steroid dienone is 1. The van der Waals surface area contributed by atoms with Crippen LogP contribution in [0.15, 0.2) is 30.3 Å². The first kappa shape index (κ1) is 11.4. The average molecular weight is 214 g/mol. The van der Waals surface area contributed by atoms with Gasteiger partial charge in [-0.3, -0.25) is 0 Å². The van der Waals surface area contributed by atoms with Crippen molar-refractivity contribution in [2.24, 2.45) is 5.41 Å². The molecule has 0 atom stereocenters. The van der Waals surface area contributed by atoms with Crippen molar-refractivity contribution < 1.29 is 0 Å². The summed E-state index contributed by atoms with van der Waals surface area (Å²) in [5, 5.41) is 0. The first-order valence-corrected chi connectivity index (χ1v) is 6.44. The van der Waals surface area contributed by atoms with Gasteiger partial charge in [0.05, 0.1) is 0 Å². The molecule has 0 unspecified atom stereocenters. The first-order chi connectivity index (χ1) is 7.68. The van der Waals surface area contributed by atoms with Crippen molar-refractivity contribution in [2.75, 3.05) is 0 Å². The number of rotatable bonds is 2. The highest BCUT2D eigenvalue weighted by atomic mass is 14.3. The molecule has 1 saturated carbocycles. The SMILES string of the molecule is Cc1cccc(C=CC2(C)CCCCC2)c1. The highest BCUT2D eigenvalue weighted by Crippen LogP contribution is 2.37. The third-order valence-corrected chi connectivity index (χ3v) is 3.72. The second-order valence-electron chi connectivity index (χ2n) is 5.46. The van der Waals surface area contributed by atoms with E-state index in [-0.39, 0.29) is 0 Å². The van der Waals surface area contributed by atoms with Crippen LogP contribution in [-0.4, -0.2) is 0 Å². The van der Waals surface area contributed by atoms with Crippen molar-refractivity contribution >= 4 is 6.08 Å². The molecule has 0 saturated heterocycles. The summed E-state index contributed by atoms with van der Waals surface area (Å²) in [6, 6.07) is 8.73. The molecule has 0 radical (unpaired) electrons. The van der Waals surface area contributed by atoms with Crippen LogP contribution < -0.4 is 0 Å². The Labute approximate surface area is 99.4 Å². The Morgan fingerprint density at radius 2 is 1.88 bits per heavy atom. The Balaban J connectivity index is 2.08. The largest absolute Gasteiger partial charge is 0.0780 e. The minimum Gasteiger partial charge on any atom is -0.0780 e. The lowest BCUT2D eigenvalue weighted by Crippen LogP contribution is -2.16. The predicted molar refractivity (Wildman–Crippen MR) is 71.4 cm³/mol. The molecule has 1 aliphatic carbocycles. The topological polar surface area (TPSA) is 0 Å². The van der Waals surface area contributed by atoms with Crippen LogP contribution in [0.3, 0.4) is 0 Å². The summed E-state index contributed by atoms with van der Waals surface area (Å²) in [4.78, 5) is 0. The minimum absolute atomic E-state index is 0.446. The number of aryl methyl sites for hydroxylation is 1. The van der Waals surface area contributed by atoms with Crippen molar-refractivity contribution in [3.05, 3.63) is 41.5 Å². The molecule has 0 spiro atoms. The lowest BCUT2D eigenvalue weighted by atomic mass is 9.75. The zero-order valence-electron chi connectivity index (χ0n) is 10.5. The molecule has 0 nitrogen and oxygen atoms in total. The quantitative estimate of drug-likeness (QED) is 0.651. The van der Waals surface area contributed by atoms with E-state index in [4.69, 9.17) is 0 Å². The van der Waals surface area contributed by atoms with Crippen molar-refractivity contribution in [1.82, 2.24) is 0 Å². The normalized spacial score (nSPS) is 20.1. The minimum atomic E-state index is 0.446. The molecular formula is C16H22. The maximum absolute atomic E-state index is 2.43. The van der Waals surface area contributed by atoms with Gasteiger partial charge in [0.2, 0.25) is 0 Å². The molecule has 1 aromatic rings. The summed E-state index contributed by atoms with van der Waals surface area (Å²) in [5.74, 6) is 0. The molecule has 0 aliphatic heterocycles. The van der Waals surface area contributed by atoms with Gasteiger partial charge >= 0.3 is 0 Å². The van der Waals surface area contributed by atoms with Gasteiger partial charge in [-0.1, -0.05) is 68.2 Å². The van der Waals surface area contributed by atoms with Crippen LogP contribution in [0.4, 0.5) is 0 Å². The highest BCUT2D eigenvalue weighted by molar-refractivity contribution is 5.51. The van der Waals surface area contributed by atoms with Crippen LogP contribution in [-0.2, 0) is 0 Å². The van der Waals surface area contributed by atoms with E-state index in [1.54, 1.807) is 0 Å². The average Bonchev–Trinajstić information content (AvgIpc) is 2.28. The summed E-state index contributed by atoms with van der Waals surface area (Å²) in [7, 11) is 0. The smallest absolute Gasteiger partial charge is 0.0143 e. The lowest BCUT2D eigenvalue weighted by molar-refractivity contribution is 0.287. The van der Waals surface area contributed by atoms with Gasteiger partial charge < -0.3 is 0 Å². The van der Waals surface area contributed by atoms with Crippen LogP contribution >= 0.6 is 0 Å². The fourth-order valence-corrected chi connectivity index (χ4v) is 2.60. The molecule has 0 heterocycles. The van der Waals surface area contributed by atoms with Gasteiger partial charge in [0, 0.05) is 0 Å². The molecule has 1 aromatic carbocycles. The predicted octanol–water partition coefficient (Wildman–Crippen LogP) is 4.98. The summed E-state index contributed by atoms with van der Waals surface area (Å²) in [6.07, 6.45) is 11.7. The van der Waals surface area contributed by atoms with Crippen LogP contribution in [0.25, 0.3) is 6.08 Å². The van der Waals surface area contributed by atoms with E-state index in [9.17, 15) is 0 Å². The Morgan fingerprint density at radius 3 is 2.56 bits per heavy atom. The summed E-state index contributed by atoms with van der Waals surface area (Å²) in [6.45, 7) is 4.55. The van der Waals surface area contributed by atoms with Gasteiger partial charge in [0.25, 0.3) is 0 Å². The van der Waals surface area contributed by atoms with E-state index in [1.165, 1.54) is 43.2 Å². The number of hydrogen-bond donors (Lipinski definition) is 0. The van der Waals surface area contributed by atoms with E-state index < -0.39 is 0 Å². The molecule has 0 bridgehead atoms. The van der Waals surface area contributed by atoms with Gasteiger partial charge in [-0.2, -0.15) is 0 Å². The molecule has 0 aromatic heterocycles. The second kappa shape index (κ2) is 4.86. The first-order valence-electron chi connectivity index (χ1n) is 6.44. The van der Waals surface area contributed by atoms with Crippen LogP contribution in [0.5, 0.6) is 0 Å². The van der Waals surface area contributed by atoms with Gasteiger partial charge in [-0.25, -0.2) is 0 Å². The summed E-state index contributed by atoms with van der Waals surface area (Å²) in [5.41, 5.74) is 3.13. The third kappa shape index (κ3) is 2.98. The van der Waals surface area contributed by atoms with Crippen molar-refractivity contribution in [2.45, 2.75) is 46.0 Å². The molecule has 1 fully saturated rings. The molecular weight excluding hydrogens is 192 g/mol. The third-order valence-electron chi connectivity index (χ3n) is 3.72. The Hall–Kier alpha value is -1.04. The molecule has 16 heavy (non-hydrogen) atoms. The van der Waals surface area contributed by atoms with Crippen LogP contribution in [0, 0.1) is 12.3 Å². The second-order valence-corrected chi connectivity index (χ2v) is 5.46. The number of hydrogen-bond acceptors (Lipinski definition) is 0. The Morgan fingerprint density at radius 1 is 1.12 bits per heavy atom. The van der Waals surface area contributed by atoms with Gasteiger partial charge in [0.15, 0.2) is 0 Å². The van der Waals surface area contributed by atoms with Gasteiger partial charge in [0.1, 0.15) is 0 Å². The van der Waals surface area contributed by atoms with E-state index in [1.807, 2.05) is 0 Å². The molecule has 0 heteroatoms. The van der Waals surface area contributed by atoms with E-state index in [0.29, 0.717) is 5.41 Å². The van der Waals surface area contributed by atoms with Crippen molar-refractivity contribution in [3.63, 3.8) is 0 Å². The zero-order valence-corrected chi connectivity index (χ0v) is 10.5. The highest BCUT2D eigenvalue weighted by Gasteiger charge is 2.23. The van der Waals surface area contributed by atoms with Crippen LogP contribution in [0.1, 0.15) is 50.2 Å². The maximum atomic E-state index is 2.43. The fourth-order valence-electron chi connectivity index (χ4n) is 2.60. The molecule has 0 amide bonds. The fraction of sp³-hybridized carbons (Fsp3) is 0.500. The summed E-state index contributed by atoms with van der Waals surface area (Å²) < 4.78 is 0. The lowest BCUT2D eigenvalue weighted by Gasteiger charge is -2.30.